The average molecular weight is 603 g/mol. The molecule has 1 aliphatic rings. The van der Waals surface area contributed by atoms with Gasteiger partial charge < -0.3 is 24.3 Å². The van der Waals surface area contributed by atoms with Crippen molar-refractivity contribution in [2.75, 3.05) is 5.32 Å². The van der Waals surface area contributed by atoms with Gasteiger partial charge >= 0.3 is 17.9 Å². The number of imidazole rings is 1. The highest BCUT2D eigenvalue weighted by Crippen LogP contribution is 2.36. The van der Waals surface area contributed by atoms with Gasteiger partial charge in [-0.1, -0.05) is 41.9 Å². The van der Waals surface area contributed by atoms with Crippen molar-refractivity contribution in [2.45, 2.75) is 64.9 Å². The molecule has 1 fully saturated rings. The number of hydrogen-bond acceptors (Lipinski definition) is 12. The minimum absolute atomic E-state index is 0.0249. The van der Waals surface area contributed by atoms with Crippen molar-refractivity contribution in [3.8, 4) is 0 Å². The summed E-state index contributed by atoms with van der Waals surface area (Å²) in [6.07, 6.45) is -6.25. The van der Waals surface area contributed by atoms with Gasteiger partial charge in [-0.15, -0.1) is 0 Å². The third kappa shape index (κ3) is 6.98. The lowest BCUT2D eigenvalue weighted by molar-refractivity contribution is -0.258. The summed E-state index contributed by atoms with van der Waals surface area (Å²) in [6.45, 7) is 4.66. The summed E-state index contributed by atoms with van der Waals surface area (Å²) in [6, 6.07) is 8.99. The van der Waals surface area contributed by atoms with Gasteiger partial charge in [0.1, 0.15) is 5.52 Å². The lowest BCUT2D eigenvalue weighted by Gasteiger charge is -2.44. The predicted molar refractivity (Wildman–Crippen MR) is 143 cm³/mol. The van der Waals surface area contributed by atoms with E-state index in [0.717, 1.165) is 26.3 Å². The van der Waals surface area contributed by atoms with Gasteiger partial charge in [0.25, 0.3) is 5.91 Å². The van der Waals surface area contributed by atoms with Crippen LogP contribution in [0.2, 0.25) is 5.15 Å². The van der Waals surface area contributed by atoms with E-state index in [-0.39, 0.29) is 28.8 Å². The Bertz CT molecular complexity index is 1510. The molecule has 16 heteroatoms. The van der Waals surface area contributed by atoms with Gasteiger partial charge in [0.05, 0.1) is 6.33 Å². The maximum absolute atomic E-state index is 13.5. The minimum Gasteiger partial charge on any atom is -0.455 e. The molecule has 2 N–H and O–H groups in total. The molecule has 42 heavy (non-hydrogen) atoms. The van der Waals surface area contributed by atoms with Crippen molar-refractivity contribution in [1.82, 2.24) is 24.8 Å². The van der Waals surface area contributed by atoms with Crippen LogP contribution in [-0.4, -0.2) is 73.7 Å². The molecule has 0 bridgehead atoms. The number of anilines is 1. The van der Waals surface area contributed by atoms with Crippen molar-refractivity contribution in [3.63, 3.8) is 0 Å². The Balaban J connectivity index is 1.82. The van der Waals surface area contributed by atoms with Crippen LogP contribution >= 0.6 is 11.6 Å². The molecule has 0 radical (unpaired) electrons. The minimum atomic E-state index is -1.57. The maximum atomic E-state index is 13.5. The Kier molecular flexibility index (Phi) is 9.32. The fourth-order valence-corrected chi connectivity index (χ4v) is 4.61. The monoisotopic (exact) mass is 602 g/mol. The van der Waals surface area contributed by atoms with E-state index >= 15 is 0 Å². The van der Waals surface area contributed by atoms with Crippen molar-refractivity contribution >= 4 is 58.4 Å². The Morgan fingerprint density at radius 3 is 2.14 bits per heavy atom. The van der Waals surface area contributed by atoms with Crippen LogP contribution in [0.25, 0.3) is 11.2 Å². The zero-order valence-electron chi connectivity index (χ0n) is 22.9. The van der Waals surface area contributed by atoms with E-state index < -0.39 is 60.4 Å². The molecule has 1 saturated heterocycles. The number of carbonyl (C=O) groups is 5. The molecule has 2 aromatic heterocycles. The van der Waals surface area contributed by atoms with Crippen LogP contribution in [0.15, 0.2) is 36.7 Å². The average Bonchev–Trinajstić information content (AvgIpc) is 3.33. The van der Waals surface area contributed by atoms with Crippen LogP contribution in [0, 0.1) is 0 Å². The summed E-state index contributed by atoms with van der Waals surface area (Å²) in [5, 5.41) is 5.02. The summed E-state index contributed by atoms with van der Waals surface area (Å²) in [7, 11) is 0. The van der Waals surface area contributed by atoms with E-state index in [1.54, 1.807) is 24.3 Å². The third-order valence-electron chi connectivity index (χ3n) is 5.93. The molecule has 4 rings (SSSR count). The van der Waals surface area contributed by atoms with Gasteiger partial charge in [0.2, 0.25) is 11.9 Å². The predicted octanol–water partition coefficient (Wildman–Crippen LogP) is 1.45. The molecule has 3 aromatic rings. The molecule has 0 spiro atoms. The van der Waals surface area contributed by atoms with Crippen molar-refractivity contribution in [2.24, 2.45) is 0 Å². The Morgan fingerprint density at radius 2 is 1.52 bits per heavy atom. The van der Waals surface area contributed by atoms with E-state index in [1.807, 2.05) is 6.07 Å². The van der Waals surface area contributed by atoms with Crippen LogP contribution in [0.4, 0.5) is 5.95 Å². The Labute approximate surface area is 243 Å². The normalized spacial score (nSPS) is 21.7. The summed E-state index contributed by atoms with van der Waals surface area (Å²) in [4.78, 5) is 74.2. The molecular weight excluding hydrogens is 576 g/mol. The lowest BCUT2D eigenvalue weighted by Crippen LogP contribution is -2.62. The molecule has 5 atom stereocenters. The molecule has 0 saturated carbocycles. The number of nitrogens with one attached hydrogen (secondary N) is 2. The number of rotatable bonds is 8. The molecule has 0 aliphatic carbocycles. The zero-order valence-corrected chi connectivity index (χ0v) is 23.7. The Hall–Kier alpha value is -4.63. The van der Waals surface area contributed by atoms with E-state index in [0.29, 0.717) is 0 Å². The second-order valence-electron chi connectivity index (χ2n) is 9.22. The highest BCUT2D eigenvalue weighted by atomic mass is 35.5. The fraction of sp³-hybridized carbons (Fsp3) is 0.385. The number of amides is 2. The molecule has 15 nitrogen and oxygen atoms in total. The highest BCUT2D eigenvalue weighted by Gasteiger charge is 2.55. The van der Waals surface area contributed by atoms with Gasteiger partial charge in [-0.05, 0) is 5.56 Å². The summed E-state index contributed by atoms with van der Waals surface area (Å²) in [5.74, 6) is -3.77. The first-order chi connectivity index (χ1) is 19.9. The molecule has 2 amide bonds. The van der Waals surface area contributed by atoms with Gasteiger partial charge in [0, 0.05) is 34.2 Å². The van der Waals surface area contributed by atoms with E-state index in [2.05, 4.69) is 25.6 Å². The second kappa shape index (κ2) is 12.9. The molecule has 222 valence electrons. The molecule has 0 unspecified atom stereocenters. The molecule has 1 aliphatic heterocycles. The first kappa shape index (κ1) is 30.3. The van der Waals surface area contributed by atoms with E-state index in [4.69, 9.17) is 30.5 Å². The van der Waals surface area contributed by atoms with Gasteiger partial charge in [-0.25, -0.2) is 4.98 Å². The number of nitrogens with zero attached hydrogens (tertiary/aromatic N) is 4. The van der Waals surface area contributed by atoms with Crippen molar-refractivity contribution < 1.29 is 42.9 Å². The number of halogens is 1. The first-order valence-electron chi connectivity index (χ1n) is 12.6. The van der Waals surface area contributed by atoms with Crippen LogP contribution in [-0.2, 0) is 49.5 Å². The molecule has 3 heterocycles. The van der Waals surface area contributed by atoms with Gasteiger partial charge in [0.15, 0.2) is 41.4 Å². The highest BCUT2D eigenvalue weighted by molar-refractivity contribution is 6.33. The van der Waals surface area contributed by atoms with Crippen molar-refractivity contribution in [3.05, 3.63) is 47.4 Å². The quantitative estimate of drug-likeness (QED) is 0.215. The summed E-state index contributed by atoms with van der Waals surface area (Å²) < 4.78 is 23.9. The number of esters is 3. The van der Waals surface area contributed by atoms with Gasteiger partial charge in [-0.3, -0.25) is 33.9 Å². The number of ether oxygens (including phenoxy) is 4. The number of fused-ring (bicyclic) bond motifs is 1. The first-order valence-corrected chi connectivity index (χ1v) is 13.0. The molecule has 1 aromatic carbocycles. The molecular formula is C26H27ClN6O9. The number of benzene rings is 1. The summed E-state index contributed by atoms with van der Waals surface area (Å²) in [5.41, 5.74) is 0.887. The van der Waals surface area contributed by atoms with Crippen LogP contribution in [0.5, 0.6) is 0 Å². The Morgan fingerprint density at radius 1 is 0.905 bits per heavy atom. The van der Waals surface area contributed by atoms with E-state index in [1.165, 1.54) is 17.8 Å². The fourth-order valence-electron chi connectivity index (χ4n) is 4.39. The standard InChI is InChI=1S/C26H27ClN6O9/c1-12(34)30-26-31-22(27)17-23(32-26)33(11-29-17)25-21(41-15(4)37)19(40-14(3)36)18(39-13(2)35)20(42-25)24(38)28-10-16-8-6-5-7-9-16/h5-9,11,18-21,25H,10H2,1-4H3,(H,28,38)(H,30,31,32,34)/t18-,19-,20-,21+,25+/m0/s1. The maximum Gasteiger partial charge on any atom is 0.303 e. The van der Waals surface area contributed by atoms with Crippen LogP contribution in [0.3, 0.4) is 0 Å². The van der Waals surface area contributed by atoms with Crippen molar-refractivity contribution in [1.29, 1.82) is 0 Å². The van der Waals surface area contributed by atoms with E-state index in [9.17, 15) is 24.0 Å². The largest absolute Gasteiger partial charge is 0.455 e. The van der Waals surface area contributed by atoms with Gasteiger partial charge in [-0.2, -0.15) is 9.97 Å². The zero-order chi connectivity index (χ0) is 30.6. The lowest BCUT2D eigenvalue weighted by atomic mass is 9.96. The summed E-state index contributed by atoms with van der Waals surface area (Å²) >= 11 is 6.28. The SMILES string of the molecule is CC(=O)Nc1nc(Cl)c2ncn([C@@H]3O[C@H](C(=O)NCc4ccccc4)[C@@H](OC(C)=O)[C@H](OC(C)=O)[C@H]3OC(C)=O)c2n1. The number of hydrogen-bond donors (Lipinski definition) is 2. The smallest absolute Gasteiger partial charge is 0.303 e. The van der Waals surface area contributed by atoms with Crippen LogP contribution < -0.4 is 10.6 Å². The topological polar surface area (TPSA) is 190 Å². The second-order valence-corrected chi connectivity index (χ2v) is 9.57. The number of aromatic nitrogens is 4. The van der Waals surface area contributed by atoms with Crippen LogP contribution in [0.1, 0.15) is 39.5 Å². The third-order valence-corrected chi connectivity index (χ3v) is 6.19. The number of carbonyl (C=O) groups excluding carboxylic acids is 5.